The van der Waals surface area contributed by atoms with E-state index in [1.165, 1.54) is 0 Å². The SMILES string of the molecule is CC1=NN(c2ccc(C(=O)Oc3ccc4c(c3)CCC(=O)N4)cc2)CC1. The van der Waals surface area contributed by atoms with Crippen LogP contribution in [0.3, 0.4) is 0 Å². The van der Waals surface area contributed by atoms with E-state index in [2.05, 4.69) is 10.4 Å². The number of hydrazone groups is 1. The fraction of sp³-hybridized carbons (Fsp3) is 0.250. The molecule has 2 aliphatic rings. The van der Waals surface area contributed by atoms with Crippen molar-refractivity contribution < 1.29 is 14.3 Å². The lowest BCUT2D eigenvalue weighted by molar-refractivity contribution is -0.116. The summed E-state index contributed by atoms with van der Waals surface area (Å²) in [5.41, 5.74) is 4.32. The number of amides is 1. The van der Waals surface area contributed by atoms with E-state index in [4.69, 9.17) is 4.74 Å². The normalized spacial score (nSPS) is 16.0. The van der Waals surface area contributed by atoms with Gasteiger partial charge in [0, 0.05) is 30.8 Å². The number of fused-ring (bicyclic) bond motifs is 1. The van der Waals surface area contributed by atoms with Crippen molar-refractivity contribution in [3.63, 3.8) is 0 Å². The van der Waals surface area contributed by atoms with E-state index in [0.717, 1.165) is 35.6 Å². The van der Waals surface area contributed by atoms with Crippen LogP contribution in [0.5, 0.6) is 5.75 Å². The van der Waals surface area contributed by atoms with Crippen LogP contribution in [0.25, 0.3) is 0 Å². The maximum absolute atomic E-state index is 12.4. The van der Waals surface area contributed by atoms with Crippen molar-refractivity contribution in [3.8, 4) is 5.75 Å². The summed E-state index contributed by atoms with van der Waals surface area (Å²) in [6, 6.07) is 12.5. The van der Waals surface area contributed by atoms with Gasteiger partial charge < -0.3 is 10.1 Å². The molecule has 0 aromatic heterocycles. The Morgan fingerprint density at radius 1 is 1.12 bits per heavy atom. The lowest BCUT2D eigenvalue weighted by Crippen LogP contribution is -2.19. The Labute approximate surface area is 151 Å². The summed E-state index contributed by atoms with van der Waals surface area (Å²) in [5.74, 6) is 0.0889. The Kier molecular flexibility index (Phi) is 4.16. The highest BCUT2D eigenvalue weighted by Crippen LogP contribution is 2.27. The van der Waals surface area contributed by atoms with Crippen LogP contribution in [0.15, 0.2) is 47.6 Å². The third-order valence-electron chi connectivity index (χ3n) is 4.56. The van der Waals surface area contributed by atoms with E-state index in [9.17, 15) is 9.59 Å². The van der Waals surface area contributed by atoms with Crippen molar-refractivity contribution in [2.45, 2.75) is 26.2 Å². The zero-order chi connectivity index (χ0) is 18.1. The fourth-order valence-electron chi connectivity index (χ4n) is 3.12. The molecule has 2 aromatic rings. The molecule has 0 radical (unpaired) electrons. The Hall–Kier alpha value is -3.15. The molecule has 0 aliphatic carbocycles. The molecular formula is C20H19N3O3. The van der Waals surface area contributed by atoms with E-state index >= 15 is 0 Å². The molecule has 132 valence electrons. The summed E-state index contributed by atoms with van der Waals surface area (Å²) in [6.45, 7) is 2.87. The van der Waals surface area contributed by atoms with E-state index < -0.39 is 5.97 Å². The van der Waals surface area contributed by atoms with Crippen LogP contribution in [-0.4, -0.2) is 24.1 Å². The number of carbonyl (C=O) groups is 2. The summed E-state index contributed by atoms with van der Waals surface area (Å²) in [7, 11) is 0. The second-order valence-corrected chi connectivity index (χ2v) is 6.51. The maximum atomic E-state index is 12.4. The van der Waals surface area contributed by atoms with Gasteiger partial charge in [0.25, 0.3) is 0 Å². The number of ether oxygens (including phenoxy) is 1. The van der Waals surface area contributed by atoms with Crippen molar-refractivity contribution in [2.75, 3.05) is 16.9 Å². The van der Waals surface area contributed by atoms with E-state index in [-0.39, 0.29) is 5.91 Å². The molecule has 4 rings (SSSR count). The van der Waals surface area contributed by atoms with Crippen molar-refractivity contribution in [1.29, 1.82) is 0 Å². The largest absolute Gasteiger partial charge is 0.423 e. The van der Waals surface area contributed by atoms with Crippen LogP contribution in [-0.2, 0) is 11.2 Å². The van der Waals surface area contributed by atoms with Gasteiger partial charge in [-0.1, -0.05) is 0 Å². The minimum absolute atomic E-state index is 0.0138. The zero-order valence-electron chi connectivity index (χ0n) is 14.5. The molecule has 2 aromatic carbocycles. The van der Waals surface area contributed by atoms with Crippen LogP contribution in [0.1, 0.15) is 35.7 Å². The van der Waals surface area contributed by atoms with Crippen LogP contribution in [0.4, 0.5) is 11.4 Å². The molecule has 0 saturated heterocycles. The van der Waals surface area contributed by atoms with E-state index in [1.54, 1.807) is 24.3 Å². The predicted molar refractivity (Wildman–Crippen MR) is 99.9 cm³/mol. The first-order chi connectivity index (χ1) is 12.6. The highest BCUT2D eigenvalue weighted by molar-refractivity contribution is 5.94. The molecule has 0 saturated carbocycles. The number of benzene rings is 2. The quantitative estimate of drug-likeness (QED) is 0.681. The standard InChI is InChI=1S/C20H19N3O3/c1-13-10-11-23(22-13)16-5-2-14(3-6-16)20(25)26-17-7-8-18-15(12-17)4-9-19(24)21-18/h2-3,5-8,12H,4,9-11H2,1H3,(H,21,24). The van der Waals surface area contributed by atoms with Gasteiger partial charge in [-0.25, -0.2) is 4.79 Å². The fourth-order valence-corrected chi connectivity index (χ4v) is 3.12. The predicted octanol–water partition coefficient (Wildman–Crippen LogP) is 3.38. The molecule has 0 spiro atoms. The van der Waals surface area contributed by atoms with Gasteiger partial charge in [-0.05, 0) is 61.4 Å². The number of aryl methyl sites for hydroxylation is 1. The van der Waals surface area contributed by atoms with Crippen LogP contribution < -0.4 is 15.1 Å². The highest BCUT2D eigenvalue weighted by Gasteiger charge is 2.17. The lowest BCUT2D eigenvalue weighted by Gasteiger charge is -2.17. The monoisotopic (exact) mass is 349 g/mol. The first-order valence-electron chi connectivity index (χ1n) is 8.65. The lowest BCUT2D eigenvalue weighted by atomic mass is 10.0. The van der Waals surface area contributed by atoms with Crippen molar-refractivity contribution >= 4 is 29.0 Å². The maximum Gasteiger partial charge on any atom is 0.343 e. The first-order valence-corrected chi connectivity index (χ1v) is 8.65. The second kappa shape index (κ2) is 6.63. The van der Waals surface area contributed by atoms with E-state index in [1.807, 2.05) is 30.1 Å². The number of nitrogens with one attached hydrogen (secondary N) is 1. The third-order valence-corrected chi connectivity index (χ3v) is 4.56. The van der Waals surface area contributed by atoms with Crippen molar-refractivity contribution in [3.05, 3.63) is 53.6 Å². The molecule has 0 unspecified atom stereocenters. The average molecular weight is 349 g/mol. The Bertz CT molecular complexity index is 903. The number of anilines is 2. The van der Waals surface area contributed by atoms with Gasteiger partial charge in [-0.3, -0.25) is 9.80 Å². The topological polar surface area (TPSA) is 71.0 Å². The average Bonchev–Trinajstić information content (AvgIpc) is 3.08. The van der Waals surface area contributed by atoms with Gasteiger partial charge in [0.05, 0.1) is 11.3 Å². The molecule has 2 heterocycles. The minimum Gasteiger partial charge on any atom is -0.423 e. The molecule has 6 nitrogen and oxygen atoms in total. The first kappa shape index (κ1) is 16.3. The summed E-state index contributed by atoms with van der Waals surface area (Å²) in [6.07, 6.45) is 2.06. The van der Waals surface area contributed by atoms with Gasteiger partial charge in [0.15, 0.2) is 0 Å². The molecule has 0 fully saturated rings. The number of carbonyl (C=O) groups excluding carboxylic acids is 2. The molecule has 1 amide bonds. The number of esters is 1. The third kappa shape index (κ3) is 3.31. The van der Waals surface area contributed by atoms with Crippen molar-refractivity contribution in [2.24, 2.45) is 5.10 Å². The molecule has 2 aliphatic heterocycles. The number of rotatable bonds is 3. The van der Waals surface area contributed by atoms with Gasteiger partial charge in [-0.2, -0.15) is 5.10 Å². The van der Waals surface area contributed by atoms with Gasteiger partial charge in [-0.15, -0.1) is 0 Å². The molecule has 0 atom stereocenters. The summed E-state index contributed by atoms with van der Waals surface area (Å²) >= 11 is 0. The Morgan fingerprint density at radius 2 is 1.92 bits per heavy atom. The number of hydrogen-bond acceptors (Lipinski definition) is 5. The second-order valence-electron chi connectivity index (χ2n) is 6.51. The van der Waals surface area contributed by atoms with Crippen LogP contribution >= 0.6 is 0 Å². The highest BCUT2D eigenvalue weighted by atomic mass is 16.5. The van der Waals surface area contributed by atoms with E-state index in [0.29, 0.717) is 24.2 Å². The Morgan fingerprint density at radius 3 is 2.65 bits per heavy atom. The number of nitrogens with zero attached hydrogens (tertiary/aromatic N) is 2. The smallest absolute Gasteiger partial charge is 0.343 e. The molecule has 26 heavy (non-hydrogen) atoms. The Balaban J connectivity index is 1.46. The summed E-state index contributed by atoms with van der Waals surface area (Å²) < 4.78 is 5.48. The molecule has 1 N–H and O–H groups in total. The van der Waals surface area contributed by atoms with Gasteiger partial charge >= 0.3 is 5.97 Å². The zero-order valence-corrected chi connectivity index (χ0v) is 14.5. The van der Waals surface area contributed by atoms with Gasteiger partial charge in [0.1, 0.15) is 5.75 Å². The molecule has 6 heteroatoms. The van der Waals surface area contributed by atoms with Crippen LogP contribution in [0.2, 0.25) is 0 Å². The van der Waals surface area contributed by atoms with Crippen LogP contribution in [0, 0.1) is 0 Å². The van der Waals surface area contributed by atoms with Gasteiger partial charge in [0.2, 0.25) is 5.91 Å². The summed E-state index contributed by atoms with van der Waals surface area (Å²) in [4.78, 5) is 23.8. The molecular weight excluding hydrogens is 330 g/mol. The summed E-state index contributed by atoms with van der Waals surface area (Å²) in [5, 5.41) is 9.20. The van der Waals surface area contributed by atoms with Crippen molar-refractivity contribution in [1.82, 2.24) is 0 Å². The number of hydrogen-bond donors (Lipinski definition) is 1. The molecule has 0 bridgehead atoms. The minimum atomic E-state index is -0.405.